The Balaban J connectivity index is 1.96. The molecule has 0 bridgehead atoms. The quantitative estimate of drug-likeness (QED) is 0.797. The molecular formula is C19H13N3O2. The molecule has 116 valence electrons. The molecule has 0 radical (unpaired) electrons. The van der Waals surface area contributed by atoms with Crippen LogP contribution in [0, 0.1) is 11.3 Å². The molecule has 24 heavy (non-hydrogen) atoms. The summed E-state index contributed by atoms with van der Waals surface area (Å²) >= 11 is 0. The fourth-order valence-corrected chi connectivity index (χ4v) is 2.27. The zero-order chi connectivity index (χ0) is 16.9. The van der Waals surface area contributed by atoms with E-state index in [1.54, 1.807) is 17.0 Å². The van der Waals surface area contributed by atoms with Crippen LogP contribution in [0.2, 0.25) is 0 Å². The first-order valence-electron chi connectivity index (χ1n) is 7.22. The Morgan fingerprint density at radius 1 is 1.17 bits per heavy atom. The summed E-state index contributed by atoms with van der Waals surface area (Å²) < 4.78 is 1.65. The van der Waals surface area contributed by atoms with E-state index in [4.69, 9.17) is 5.11 Å². The maximum Gasteiger partial charge on any atom is 0.335 e. The van der Waals surface area contributed by atoms with Crippen LogP contribution in [0.5, 0.6) is 0 Å². The number of aromatic carboxylic acids is 1. The third kappa shape index (κ3) is 3.23. The van der Waals surface area contributed by atoms with Gasteiger partial charge < -0.3 is 9.67 Å². The van der Waals surface area contributed by atoms with E-state index >= 15 is 0 Å². The van der Waals surface area contributed by atoms with Gasteiger partial charge in [-0.1, -0.05) is 42.5 Å². The van der Waals surface area contributed by atoms with Crippen molar-refractivity contribution < 1.29 is 9.90 Å². The van der Waals surface area contributed by atoms with E-state index in [2.05, 4.69) is 11.1 Å². The van der Waals surface area contributed by atoms with E-state index in [9.17, 15) is 10.1 Å². The monoisotopic (exact) mass is 315 g/mol. The number of hydrogen-bond donors (Lipinski definition) is 1. The van der Waals surface area contributed by atoms with Crippen LogP contribution in [-0.4, -0.2) is 20.6 Å². The van der Waals surface area contributed by atoms with Crippen molar-refractivity contribution in [2.45, 2.75) is 0 Å². The number of aromatic nitrogens is 2. The van der Waals surface area contributed by atoms with Crippen molar-refractivity contribution in [1.82, 2.24) is 9.55 Å². The maximum atomic E-state index is 11.1. The summed E-state index contributed by atoms with van der Waals surface area (Å²) in [6.45, 7) is 0. The standard InChI is InChI=1S/C19H13N3O2/c20-11-17-13-22(18-10-15(19(23)24)8-9-21-18)12-16(17)7-6-14-4-2-1-3-5-14/h1-10,12-13H,(H,23,24)/b7-6+. The van der Waals surface area contributed by atoms with Crippen molar-refractivity contribution in [3.05, 3.63) is 83.3 Å². The highest BCUT2D eigenvalue weighted by molar-refractivity contribution is 5.87. The molecule has 0 aliphatic rings. The molecule has 5 heteroatoms. The first-order valence-corrected chi connectivity index (χ1v) is 7.22. The number of nitrogens with zero attached hydrogens (tertiary/aromatic N) is 3. The van der Waals surface area contributed by atoms with E-state index in [1.165, 1.54) is 18.3 Å². The molecule has 3 aromatic rings. The second kappa shape index (κ2) is 6.63. The lowest BCUT2D eigenvalue weighted by Gasteiger charge is -2.02. The summed E-state index contributed by atoms with van der Waals surface area (Å²) in [7, 11) is 0. The van der Waals surface area contributed by atoms with Gasteiger partial charge in [-0.3, -0.25) is 0 Å². The molecule has 0 fully saturated rings. The van der Waals surface area contributed by atoms with E-state index in [0.717, 1.165) is 11.1 Å². The molecule has 0 saturated heterocycles. The minimum atomic E-state index is -1.02. The Bertz CT molecular complexity index is 950. The van der Waals surface area contributed by atoms with Gasteiger partial charge in [-0.05, 0) is 17.7 Å². The predicted molar refractivity (Wildman–Crippen MR) is 90.6 cm³/mol. The molecule has 3 rings (SSSR count). The second-order valence-corrected chi connectivity index (χ2v) is 5.10. The van der Waals surface area contributed by atoms with Crippen LogP contribution < -0.4 is 0 Å². The van der Waals surface area contributed by atoms with Crippen molar-refractivity contribution >= 4 is 18.1 Å². The Morgan fingerprint density at radius 3 is 2.67 bits per heavy atom. The van der Waals surface area contributed by atoms with Crippen LogP contribution in [0.4, 0.5) is 0 Å². The summed E-state index contributed by atoms with van der Waals surface area (Å²) in [5.74, 6) is -0.568. The molecule has 0 aliphatic heterocycles. The molecular weight excluding hydrogens is 302 g/mol. The lowest BCUT2D eigenvalue weighted by Crippen LogP contribution is -2.00. The fraction of sp³-hybridized carbons (Fsp3) is 0. The highest BCUT2D eigenvalue weighted by Gasteiger charge is 2.09. The number of hydrogen-bond acceptors (Lipinski definition) is 3. The third-order valence-corrected chi connectivity index (χ3v) is 3.49. The molecule has 0 aliphatic carbocycles. The van der Waals surface area contributed by atoms with Gasteiger partial charge in [0.05, 0.1) is 11.1 Å². The SMILES string of the molecule is N#Cc1cn(-c2cc(C(=O)O)ccn2)cc1/C=C/c1ccccc1. The van der Waals surface area contributed by atoms with Crippen LogP contribution in [-0.2, 0) is 0 Å². The number of benzene rings is 1. The van der Waals surface area contributed by atoms with Gasteiger partial charge in [0.2, 0.25) is 0 Å². The van der Waals surface area contributed by atoms with Crippen LogP contribution in [0.25, 0.3) is 18.0 Å². The first-order chi connectivity index (χ1) is 11.7. The number of pyridine rings is 1. The van der Waals surface area contributed by atoms with Gasteiger partial charge in [-0.15, -0.1) is 0 Å². The summed E-state index contributed by atoms with van der Waals surface area (Å²) in [4.78, 5) is 15.2. The zero-order valence-corrected chi connectivity index (χ0v) is 12.6. The summed E-state index contributed by atoms with van der Waals surface area (Å²) in [5.41, 5.74) is 2.40. The molecule has 2 heterocycles. The highest BCUT2D eigenvalue weighted by Crippen LogP contribution is 2.17. The molecule has 0 spiro atoms. The number of carboxylic acids is 1. The smallest absolute Gasteiger partial charge is 0.335 e. The van der Waals surface area contributed by atoms with Gasteiger partial charge >= 0.3 is 5.97 Å². The minimum absolute atomic E-state index is 0.147. The molecule has 1 N–H and O–H groups in total. The topological polar surface area (TPSA) is 78.9 Å². The number of carboxylic acid groups (broad SMARTS) is 1. The van der Waals surface area contributed by atoms with E-state index < -0.39 is 5.97 Å². The first kappa shape index (κ1) is 15.3. The van der Waals surface area contributed by atoms with E-state index in [1.807, 2.05) is 42.5 Å². The van der Waals surface area contributed by atoms with Crippen molar-refractivity contribution in [2.75, 3.05) is 0 Å². The van der Waals surface area contributed by atoms with Crippen LogP contribution in [0.3, 0.4) is 0 Å². The van der Waals surface area contributed by atoms with Gasteiger partial charge in [0.25, 0.3) is 0 Å². The van der Waals surface area contributed by atoms with Crippen molar-refractivity contribution in [1.29, 1.82) is 5.26 Å². The number of nitriles is 1. The van der Waals surface area contributed by atoms with Crippen molar-refractivity contribution in [2.24, 2.45) is 0 Å². The summed E-state index contributed by atoms with van der Waals surface area (Å²) in [6, 6.07) is 14.8. The molecule has 0 unspecified atom stereocenters. The molecule has 2 aromatic heterocycles. The molecule has 0 saturated carbocycles. The molecule has 5 nitrogen and oxygen atoms in total. The zero-order valence-electron chi connectivity index (χ0n) is 12.6. The summed E-state index contributed by atoms with van der Waals surface area (Å²) in [5, 5.41) is 18.4. The Kier molecular flexibility index (Phi) is 4.21. The Morgan fingerprint density at radius 2 is 1.96 bits per heavy atom. The van der Waals surface area contributed by atoms with E-state index in [-0.39, 0.29) is 5.56 Å². The molecule has 0 amide bonds. The van der Waals surface area contributed by atoms with Crippen LogP contribution >= 0.6 is 0 Å². The lowest BCUT2D eigenvalue weighted by atomic mass is 10.1. The van der Waals surface area contributed by atoms with Crippen molar-refractivity contribution in [3.8, 4) is 11.9 Å². The highest BCUT2D eigenvalue weighted by atomic mass is 16.4. The Hall–Kier alpha value is -3.65. The minimum Gasteiger partial charge on any atom is -0.478 e. The largest absolute Gasteiger partial charge is 0.478 e. The number of rotatable bonds is 4. The van der Waals surface area contributed by atoms with Crippen LogP contribution in [0.1, 0.15) is 27.0 Å². The average molecular weight is 315 g/mol. The van der Waals surface area contributed by atoms with Gasteiger partial charge in [-0.25, -0.2) is 9.78 Å². The second-order valence-electron chi connectivity index (χ2n) is 5.10. The molecule has 1 aromatic carbocycles. The van der Waals surface area contributed by atoms with Gasteiger partial charge in [0.15, 0.2) is 0 Å². The number of carbonyl (C=O) groups is 1. The normalized spacial score (nSPS) is 10.6. The van der Waals surface area contributed by atoms with Crippen molar-refractivity contribution in [3.63, 3.8) is 0 Å². The predicted octanol–water partition coefficient (Wildman–Crippen LogP) is 3.61. The Labute approximate surface area is 138 Å². The van der Waals surface area contributed by atoms with E-state index in [0.29, 0.717) is 11.4 Å². The van der Waals surface area contributed by atoms with Gasteiger partial charge in [-0.2, -0.15) is 5.26 Å². The lowest BCUT2D eigenvalue weighted by molar-refractivity contribution is 0.0696. The van der Waals surface area contributed by atoms with Crippen LogP contribution in [0.15, 0.2) is 61.1 Å². The fourth-order valence-electron chi connectivity index (χ4n) is 2.27. The maximum absolute atomic E-state index is 11.1. The third-order valence-electron chi connectivity index (χ3n) is 3.49. The average Bonchev–Trinajstić information content (AvgIpc) is 3.04. The van der Waals surface area contributed by atoms with Gasteiger partial charge in [0, 0.05) is 24.2 Å². The summed E-state index contributed by atoms with van der Waals surface area (Å²) in [6.07, 6.45) is 8.60. The molecule has 0 atom stereocenters. The van der Waals surface area contributed by atoms with Gasteiger partial charge in [0.1, 0.15) is 11.9 Å².